The maximum absolute atomic E-state index is 9.42. The van der Waals surface area contributed by atoms with E-state index in [0.29, 0.717) is 22.6 Å². The second kappa shape index (κ2) is 6.63. The predicted octanol–water partition coefficient (Wildman–Crippen LogP) is 3.23. The highest BCUT2D eigenvalue weighted by Gasteiger charge is 2.11. The first-order chi connectivity index (χ1) is 9.63. The number of ether oxygens (including phenoxy) is 2. The van der Waals surface area contributed by atoms with E-state index in [1.807, 2.05) is 6.07 Å². The second-order valence-corrected chi connectivity index (χ2v) is 5.08. The number of halogens is 1. The third-order valence-electron chi connectivity index (χ3n) is 2.77. The number of methoxy groups -OCH3 is 1. The molecule has 0 spiro atoms. The van der Waals surface area contributed by atoms with E-state index in [2.05, 4.69) is 15.9 Å². The summed E-state index contributed by atoms with van der Waals surface area (Å²) in [7, 11) is 1.55. The van der Waals surface area contributed by atoms with E-state index in [1.54, 1.807) is 37.4 Å². The van der Waals surface area contributed by atoms with Gasteiger partial charge in [0.15, 0.2) is 11.5 Å². The van der Waals surface area contributed by atoms with E-state index in [4.69, 9.17) is 14.6 Å². The van der Waals surface area contributed by atoms with Crippen LogP contribution in [0.4, 0.5) is 0 Å². The van der Waals surface area contributed by atoms with Crippen LogP contribution < -0.4 is 9.47 Å². The zero-order chi connectivity index (χ0) is 14.5. The van der Waals surface area contributed by atoms with Crippen LogP contribution in [-0.2, 0) is 13.2 Å². The Kier molecular flexibility index (Phi) is 4.87. The van der Waals surface area contributed by atoms with Crippen molar-refractivity contribution in [1.82, 2.24) is 0 Å². The number of hydrogen-bond acceptors (Lipinski definition) is 4. The number of hydrogen-bond donors (Lipinski definition) is 2. The van der Waals surface area contributed by atoms with Gasteiger partial charge in [-0.05, 0) is 51.3 Å². The standard InChI is InChI=1S/C15H15BrO4/c1-19-14-7-11(8-17)6-13(16)15(14)20-9-10-3-2-4-12(18)5-10/h2-7,17-18H,8-9H2,1H3. The van der Waals surface area contributed by atoms with Gasteiger partial charge in [0.05, 0.1) is 18.2 Å². The average Bonchev–Trinajstić information content (AvgIpc) is 2.45. The van der Waals surface area contributed by atoms with Crippen LogP contribution in [-0.4, -0.2) is 17.3 Å². The minimum absolute atomic E-state index is 0.0677. The number of aliphatic hydroxyl groups is 1. The Bertz CT molecular complexity index is 598. The van der Waals surface area contributed by atoms with Gasteiger partial charge in [-0.1, -0.05) is 12.1 Å². The number of phenols is 1. The van der Waals surface area contributed by atoms with Crippen molar-refractivity contribution < 1.29 is 19.7 Å². The Morgan fingerprint density at radius 1 is 1.15 bits per heavy atom. The zero-order valence-corrected chi connectivity index (χ0v) is 12.6. The molecular weight excluding hydrogens is 324 g/mol. The molecule has 0 unspecified atom stereocenters. The summed E-state index contributed by atoms with van der Waals surface area (Å²) >= 11 is 3.40. The van der Waals surface area contributed by atoms with Crippen LogP contribution in [0.3, 0.4) is 0 Å². The second-order valence-electron chi connectivity index (χ2n) is 4.23. The molecule has 0 aromatic heterocycles. The van der Waals surface area contributed by atoms with Gasteiger partial charge in [0.1, 0.15) is 12.4 Å². The molecule has 20 heavy (non-hydrogen) atoms. The van der Waals surface area contributed by atoms with Gasteiger partial charge in [-0.15, -0.1) is 0 Å². The Morgan fingerprint density at radius 3 is 2.60 bits per heavy atom. The molecule has 2 aromatic carbocycles. The summed E-state index contributed by atoms with van der Waals surface area (Å²) in [5, 5.41) is 18.6. The lowest BCUT2D eigenvalue weighted by atomic mass is 10.2. The molecule has 0 fully saturated rings. The van der Waals surface area contributed by atoms with Gasteiger partial charge in [0.2, 0.25) is 0 Å². The van der Waals surface area contributed by atoms with Gasteiger partial charge in [-0.3, -0.25) is 0 Å². The summed E-state index contributed by atoms with van der Waals surface area (Å²) in [6.07, 6.45) is 0. The van der Waals surface area contributed by atoms with Crippen LogP contribution >= 0.6 is 15.9 Å². The molecule has 5 heteroatoms. The van der Waals surface area contributed by atoms with Crippen LogP contribution in [0.5, 0.6) is 17.2 Å². The van der Waals surface area contributed by atoms with Crippen molar-refractivity contribution in [2.45, 2.75) is 13.2 Å². The van der Waals surface area contributed by atoms with Crippen LogP contribution in [0.1, 0.15) is 11.1 Å². The quantitative estimate of drug-likeness (QED) is 0.878. The summed E-state index contributed by atoms with van der Waals surface area (Å²) in [5.41, 5.74) is 1.59. The molecule has 0 amide bonds. The smallest absolute Gasteiger partial charge is 0.175 e. The first-order valence-corrected chi connectivity index (χ1v) is 6.81. The van der Waals surface area contributed by atoms with Gasteiger partial charge < -0.3 is 19.7 Å². The molecule has 0 radical (unpaired) electrons. The number of benzene rings is 2. The topological polar surface area (TPSA) is 58.9 Å². The van der Waals surface area contributed by atoms with Gasteiger partial charge >= 0.3 is 0 Å². The third-order valence-corrected chi connectivity index (χ3v) is 3.35. The van der Waals surface area contributed by atoms with Crippen LogP contribution in [0, 0.1) is 0 Å². The highest BCUT2D eigenvalue weighted by Crippen LogP contribution is 2.37. The van der Waals surface area contributed by atoms with Crippen molar-refractivity contribution in [1.29, 1.82) is 0 Å². The summed E-state index contributed by atoms with van der Waals surface area (Å²) in [6.45, 7) is 0.240. The van der Waals surface area contributed by atoms with E-state index < -0.39 is 0 Å². The molecule has 0 heterocycles. The number of aromatic hydroxyl groups is 1. The molecule has 4 nitrogen and oxygen atoms in total. The molecule has 0 aliphatic carbocycles. The fourth-order valence-corrected chi connectivity index (χ4v) is 2.41. The Balaban J connectivity index is 2.20. The minimum Gasteiger partial charge on any atom is -0.508 e. The Labute approximate surface area is 125 Å². The molecule has 2 rings (SSSR count). The van der Waals surface area contributed by atoms with Crippen LogP contribution in [0.25, 0.3) is 0 Å². The van der Waals surface area contributed by atoms with Gasteiger partial charge in [0.25, 0.3) is 0 Å². The molecule has 0 aliphatic heterocycles. The lowest BCUT2D eigenvalue weighted by Crippen LogP contribution is -1.99. The number of rotatable bonds is 5. The third kappa shape index (κ3) is 3.43. The predicted molar refractivity (Wildman–Crippen MR) is 79.1 cm³/mol. The first-order valence-electron chi connectivity index (χ1n) is 6.02. The number of phenolic OH excluding ortho intramolecular Hbond substituents is 1. The van der Waals surface area contributed by atoms with Crippen molar-refractivity contribution in [2.24, 2.45) is 0 Å². The van der Waals surface area contributed by atoms with Crippen molar-refractivity contribution >= 4 is 15.9 Å². The molecule has 0 atom stereocenters. The van der Waals surface area contributed by atoms with Crippen molar-refractivity contribution in [3.63, 3.8) is 0 Å². The van der Waals surface area contributed by atoms with Gasteiger partial charge in [-0.2, -0.15) is 0 Å². The summed E-state index contributed by atoms with van der Waals surface area (Å²) < 4.78 is 11.7. The van der Waals surface area contributed by atoms with E-state index in [0.717, 1.165) is 11.1 Å². The maximum atomic E-state index is 9.42. The fraction of sp³-hybridized carbons (Fsp3) is 0.200. The fourth-order valence-electron chi connectivity index (χ4n) is 1.81. The summed E-state index contributed by atoms with van der Waals surface area (Å²) in [4.78, 5) is 0. The number of aliphatic hydroxyl groups excluding tert-OH is 1. The SMILES string of the molecule is COc1cc(CO)cc(Br)c1OCc1cccc(O)c1. The van der Waals surface area contributed by atoms with E-state index in [-0.39, 0.29) is 12.4 Å². The van der Waals surface area contributed by atoms with Gasteiger partial charge in [0, 0.05) is 0 Å². The molecule has 0 saturated heterocycles. The molecular formula is C15H15BrO4. The lowest BCUT2D eigenvalue weighted by Gasteiger charge is -2.14. The summed E-state index contributed by atoms with van der Waals surface area (Å²) in [6, 6.07) is 10.4. The van der Waals surface area contributed by atoms with Crippen molar-refractivity contribution in [3.05, 3.63) is 52.0 Å². The highest BCUT2D eigenvalue weighted by atomic mass is 79.9. The molecule has 2 N–H and O–H groups in total. The van der Waals surface area contributed by atoms with Crippen LogP contribution in [0.2, 0.25) is 0 Å². The van der Waals surface area contributed by atoms with Crippen molar-refractivity contribution in [2.75, 3.05) is 7.11 Å². The first kappa shape index (κ1) is 14.7. The zero-order valence-electron chi connectivity index (χ0n) is 11.0. The minimum atomic E-state index is -0.0677. The van der Waals surface area contributed by atoms with Crippen LogP contribution in [0.15, 0.2) is 40.9 Å². The Hall–Kier alpha value is -1.72. The summed E-state index contributed by atoms with van der Waals surface area (Å²) in [5.74, 6) is 1.31. The molecule has 0 saturated carbocycles. The molecule has 106 valence electrons. The Morgan fingerprint density at radius 2 is 1.95 bits per heavy atom. The normalized spacial score (nSPS) is 10.3. The maximum Gasteiger partial charge on any atom is 0.175 e. The van der Waals surface area contributed by atoms with Gasteiger partial charge in [-0.25, -0.2) is 0 Å². The molecule has 0 bridgehead atoms. The molecule has 0 aliphatic rings. The highest BCUT2D eigenvalue weighted by molar-refractivity contribution is 9.10. The van der Waals surface area contributed by atoms with E-state index in [1.165, 1.54) is 0 Å². The van der Waals surface area contributed by atoms with Crippen molar-refractivity contribution in [3.8, 4) is 17.2 Å². The van der Waals surface area contributed by atoms with E-state index >= 15 is 0 Å². The molecule has 2 aromatic rings. The largest absolute Gasteiger partial charge is 0.508 e. The average molecular weight is 339 g/mol. The lowest BCUT2D eigenvalue weighted by molar-refractivity contribution is 0.272. The van der Waals surface area contributed by atoms with E-state index in [9.17, 15) is 5.11 Å². The monoisotopic (exact) mass is 338 g/mol.